The monoisotopic (exact) mass is 274 g/mol. The van der Waals surface area contributed by atoms with E-state index in [4.69, 9.17) is 4.74 Å². The molecule has 104 valence electrons. The summed E-state index contributed by atoms with van der Waals surface area (Å²) in [6, 6.07) is 8.77. The van der Waals surface area contributed by atoms with Gasteiger partial charge < -0.3 is 25.2 Å². The average molecular weight is 274 g/mol. The first-order valence-corrected chi connectivity index (χ1v) is 6.22. The molecule has 0 saturated carbocycles. The van der Waals surface area contributed by atoms with Crippen molar-refractivity contribution in [2.45, 2.75) is 12.0 Å². The Morgan fingerprint density at radius 1 is 0.900 bits per heavy atom. The topological polar surface area (TPSA) is 90.2 Å². The normalized spacial score (nSPS) is 21.1. The Hall–Kier alpha value is -2.40. The number of ether oxygens (including phenoxy) is 1. The van der Waals surface area contributed by atoms with Crippen molar-refractivity contribution in [3.63, 3.8) is 0 Å². The minimum atomic E-state index is -0.852. The fourth-order valence-electron chi connectivity index (χ4n) is 2.49. The van der Waals surface area contributed by atoms with Crippen LogP contribution >= 0.6 is 0 Å². The van der Waals surface area contributed by atoms with Crippen LogP contribution < -0.4 is 4.74 Å². The molecule has 1 aliphatic heterocycles. The van der Waals surface area contributed by atoms with Crippen LogP contribution in [0.4, 0.5) is 0 Å². The number of aromatic hydroxyl groups is 3. The Bertz CT molecular complexity index is 653. The molecule has 2 aromatic carbocycles. The lowest BCUT2D eigenvalue weighted by molar-refractivity contribution is 0.0875. The minimum absolute atomic E-state index is 0.0391. The summed E-state index contributed by atoms with van der Waals surface area (Å²) in [6.45, 7) is 0.177. The van der Waals surface area contributed by atoms with Crippen LogP contribution in [0.5, 0.6) is 23.0 Å². The van der Waals surface area contributed by atoms with Gasteiger partial charge in [-0.05, 0) is 18.2 Å². The van der Waals surface area contributed by atoms with Gasteiger partial charge in [0.15, 0.2) is 0 Å². The molecule has 2 aromatic rings. The molecule has 5 heteroatoms. The fourth-order valence-corrected chi connectivity index (χ4v) is 2.49. The predicted octanol–water partition coefficient (Wildman–Crippen LogP) is 2.01. The Morgan fingerprint density at radius 3 is 2.25 bits per heavy atom. The molecule has 0 spiro atoms. The third-order valence-electron chi connectivity index (χ3n) is 3.53. The third kappa shape index (κ3) is 2.02. The summed E-state index contributed by atoms with van der Waals surface area (Å²) in [4.78, 5) is 0. The number of phenolic OH excluding ortho intramolecular Hbond substituents is 3. The molecule has 0 saturated heterocycles. The van der Waals surface area contributed by atoms with Crippen molar-refractivity contribution in [1.82, 2.24) is 0 Å². The Labute approximate surface area is 115 Å². The van der Waals surface area contributed by atoms with E-state index in [-0.39, 0.29) is 23.9 Å². The quantitative estimate of drug-likeness (QED) is 0.638. The second kappa shape index (κ2) is 4.61. The minimum Gasteiger partial charge on any atom is -0.508 e. The number of phenols is 3. The lowest BCUT2D eigenvalue weighted by atomic mass is 9.87. The molecule has 0 aliphatic carbocycles. The third-order valence-corrected chi connectivity index (χ3v) is 3.53. The van der Waals surface area contributed by atoms with E-state index in [1.165, 1.54) is 24.3 Å². The SMILES string of the molecule is Oc1ccc([C@@H]2COc3cc(O)ccc3[C@@H]2O)c(O)c1. The van der Waals surface area contributed by atoms with E-state index in [2.05, 4.69) is 0 Å². The van der Waals surface area contributed by atoms with Crippen molar-refractivity contribution in [2.24, 2.45) is 0 Å². The van der Waals surface area contributed by atoms with Crippen LogP contribution in [-0.2, 0) is 0 Å². The second-order valence-electron chi connectivity index (χ2n) is 4.83. The molecule has 0 aromatic heterocycles. The van der Waals surface area contributed by atoms with E-state index in [1.54, 1.807) is 12.1 Å². The maximum absolute atomic E-state index is 10.4. The molecule has 0 unspecified atom stereocenters. The van der Waals surface area contributed by atoms with E-state index < -0.39 is 12.0 Å². The summed E-state index contributed by atoms with van der Waals surface area (Å²) in [5.41, 5.74) is 1.07. The standard InChI is InChI=1S/C15H14O5/c16-8-1-3-10(13(18)5-8)12-7-20-14-6-9(17)2-4-11(14)15(12)19/h1-6,12,15-19H,7H2/t12-,15-/m0/s1. The molecule has 1 heterocycles. The van der Waals surface area contributed by atoms with E-state index in [0.717, 1.165) is 0 Å². The summed E-state index contributed by atoms with van der Waals surface area (Å²) in [5, 5.41) is 39.0. The molecular formula is C15H14O5. The molecule has 0 fully saturated rings. The number of hydrogen-bond acceptors (Lipinski definition) is 5. The molecule has 0 radical (unpaired) electrons. The van der Waals surface area contributed by atoms with Crippen LogP contribution in [0, 0.1) is 0 Å². The van der Waals surface area contributed by atoms with Gasteiger partial charge >= 0.3 is 0 Å². The molecule has 0 bridgehead atoms. The van der Waals surface area contributed by atoms with Gasteiger partial charge in [-0.25, -0.2) is 0 Å². The smallest absolute Gasteiger partial charge is 0.128 e. The van der Waals surface area contributed by atoms with Gasteiger partial charge in [-0.1, -0.05) is 6.07 Å². The Balaban J connectivity index is 1.99. The van der Waals surface area contributed by atoms with Gasteiger partial charge in [-0.2, -0.15) is 0 Å². The highest BCUT2D eigenvalue weighted by Gasteiger charge is 2.32. The van der Waals surface area contributed by atoms with E-state index in [9.17, 15) is 20.4 Å². The average Bonchev–Trinajstić information content (AvgIpc) is 2.40. The van der Waals surface area contributed by atoms with Gasteiger partial charge in [0.1, 0.15) is 23.0 Å². The fraction of sp³-hybridized carbons (Fsp3) is 0.200. The number of hydrogen-bond donors (Lipinski definition) is 4. The molecule has 1 aliphatic rings. The van der Waals surface area contributed by atoms with Crippen molar-refractivity contribution < 1.29 is 25.2 Å². The Kier molecular flexibility index (Phi) is 2.91. The highest BCUT2D eigenvalue weighted by atomic mass is 16.5. The first-order chi connectivity index (χ1) is 9.56. The largest absolute Gasteiger partial charge is 0.508 e. The van der Waals surface area contributed by atoms with Crippen LogP contribution in [0.15, 0.2) is 36.4 Å². The molecule has 5 nitrogen and oxygen atoms in total. The molecule has 3 rings (SSSR count). The number of rotatable bonds is 1. The first kappa shape index (κ1) is 12.6. The summed E-state index contributed by atoms with van der Waals surface area (Å²) in [7, 11) is 0. The zero-order valence-electron chi connectivity index (χ0n) is 10.5. The van der Waals surface area contributed by atoms with Gasteiger partial charge in [0.2, 0.25) is 0 Å². The van der Waals surface area contributed by atoms with Crippen LogP contribution in [0.1, 0.15) is 23.1 Å². The van der Waals surface area contributed by atoms with Crippen LogP contribution in [0.3, 0.4) is 0 Å². The molecule has 4 N–H and O–H groups in total. The number of aliphatic hydroxyl groups is 1. The van der Waals surface area contributed by atoms with Crippen molar-refractivity contribution in [2.75, 3.05) is 6.61 Å². The van der Waals surface area contributed by atoms with Crippen molar-refractivity contribution in [1.29, 1.82) is 0 Å². The van der Waals surface area contributed by atoms with Gasteiger partial charge in [0, 0.05) is 23.3 Å². The number of benzene rings is 2. The Morgan fingerprint density at radius 2 is 1.55 bits per heavy atom. The first-order valence-electron chi connectivity index (χ1n) is 6.22. The molecule has 20 heavy (non-hydrogen) atoms. The van der Waals surface area contributed by atoms with Crippen LogP contribution in [0.25, 0.3) is 0 Å². The highest BCUT2D eigenvalue weighted by Crippen LogP contribution is 2.44. The maximum atomic E-state index is 10.4. The maximum Gasteiger partial charge on any atom is 0.128 e. The molecule has 2 atom stereocenters. The molecular weight excluding hydrogens is 260 g/mol. The van der Waals surface area contributed by atoms with E-state index in [0.29, 0.717) is 16.9 Å². The zero-order chi connectivity index (χ0) is 14.3. The van der Waals surface area contributed by atoms with Crippen LogP contribution in [0.2, 0.25) is 0 Å². The lowest BCUT2D eigenvalue weighted by Gasteiger charge is -2.31. The summed E-state index contributed by atoms with van der Waals surface area (Å²) < 4.78 is 5.53. The summed E-state index contributed by atoms with van der Waals surface area (Å²) >= 11 is 0. The number of fused-ring (bicyclic) bond motifs is 1. The van der Waals surface area contributed by atoms with Crippen LogP contribution in [-0.4, -0.2) is 27.0 Å². The van der Waals surface area contributed by atoms with Gasteiger partial charge in [0.05, 0.1) is 18.6 Å². The van der Waals surface area contributed by atoms with Gasteiger partial charge in [0.25, 0.3) is 0 Å². The predicted molar refractivity (Wildman–Crippen MR) is 71.1 cm³/mol. The lowest BCUT2D eigenvalue weighted by Crippen LogP contribution is -2.24. The van der Waals surface area contributed by atoms with Crippen molar-refractivity contribution in [3.8, 4) is 23.0 Å². The number of aliphatic hydroxyl groups excluding tert-OH is 1. The summed E-state index contributed by atoms with van der Waals surface area (Å²) in [6.07, 6.45) is -0.852. The summed E-state index contributed by atoms with van der Waals surface area (Å²) in [5.74, 6) is -0.0517. The second-order valence-corrected chi connectivity index (χ2v) is 4.83. The highest BCUT2D eigenvalue weighted by molar-refractivity contribution is 5.47. The van der Waals surface area contributed by atoms with Gasteiger partial charge in [-0.15, -0.1) is 0 Å². The van der Waals surface area contributed by atoms with Crippen molar-refractivity contribution in [3.05, 3.63) is 47.5 Å². The van der Waals surface area contributed by atoms with Gasteiger partial charge in [-0.3, -0.25) is 0 Å². The zero-order valence-corrected chi connectivity index (χ0v) is 10.5. The molecule has 0 amide bonds. The van der Waals surface area contributed by atoms with E-state index >= 15 is 0 Å². The van der Waals surface area contributed by atoms with Crippen molar-refractivity contribution >= 4 is 0 Å². The van der Waals surface area contributed by atoms with E-state index in [1.807, 2.05) is 0 Å².